The molecule has 1 aromatic heterocycles. The summed E-state index contributed by atoms with van der Waals surface area (Å²) >= 11 is 0. The fraction of sp³-hybridized carbons (Fsp3) is 0.412. The molecule has 0 aliphatic carbocycles. The number of hydrogen-bond acceptors (Lipinski definition) is 3. The second-order valence-corrected chi connectivity index (χ2v) is 5.71. The van der Waals surface area contributed by atoms with Gasteiger partial charge in [-0.1, -0.05) is 18.2 Å². The first-order chi connectivity index (χ1) is 10.2. The van der Waals surface area contributed by atoms with Crippen molar-refractivity contribution in [3.63, 3.8) is 0 Å². The van der Waals surface area contributed by atoms with E-state index < -0.39 is 5.97 Å². The highest BCUT2D eigenvalue weighted by Gasteiger charge is 2.21. The van der Waals surface area contributed by atoms with Crippen LogP contribution in [0.2, 0.25) is 0 Å². The minimum Gasteiger partial charge on any atom is -0.481 e. The Hall–Kier alpha value is -2.10. The molecule has 1 aliphatic rings. The van der Waals surface area contributed by atoms with Crippen molar-refractivity contribution < 1.29 is 9.90 Å². The summed E-state index contributed by atoms with van der Waals surface area (Å²) in [6, 6.07) is 10.3. The van der Waals surface area contributed by atoms with E-state index in [0.29, 0.717) is 12.3 Å². The van der Waals surface area contributed by atoms with E-state index in [1.165, 1.54) is 11.1 Å². The number of pyridine rings is 1. The standard InChI is InChI=1S/C17H20N2O2/c20-17(21)6-5-13-8-11-19(12-9-13)16-7-10-18-15-4-2-1-3-14(15)16/h1-4,7,10,13H,5-6,8-9,11-12H2,(H,20,21). The number of benzene rings is 1. The molecule has 0 bridgehead atoms. The minimum atomic E-state index is -0.683. The molecule has 4 nitrogen and oxygen atoms in total. The predicted octanol–water partition coefficient (Wildman–Crippen LogP) is 3.32. The third kappa shape index (κ3) is 3.15. The van der Waals surface area contributed by atoms with Gasteiger partial charge in [-0.25, -0.2) is 0 Å². The molecule has 1 fully saturated rings. The molecular weight excluding hydrogens is 264 g/mol. The first-order valence-corrected chi connectivity index (χ1v) is 7.54. The summed E-state index contributed by atoms with van der Waals surface area (Å²) in [7, 11) is 0. The molecule has 0 amide bonds. The third-order valence-corrected chi connectivity index (χ3v) is 4.35. The summed E-state index contributed by atoms with van der Waals surface area (Å²) in [5.74, 6) is -0.136. The van der Waals surface area contributed by atoms with Gasteiger partial charge in [0.25, 0.3) is 0 Å². The molecule has 3 rings (SSSR count). The molecule has 110 valence electrons. The third-order valence-electron chi connectivity index (χ3n) is 4.35. The molecule has 0 unspecified atom stereocenters. The number of aromatic nitrogens is 1. The maximum Gasteiger partial charge on any atom is 0.303 e. The van der Waals surface area contributed by atoms with Gasteiger partial charge in [0, 0.05) is 36.8 Å². The highest BCUT2D eigenvalue weighted by molar-refractivity contribution is 5.91. The van der Waals surface area contributed by atoms with Crippen LogP contribution in [0.25, 0.3) is 10.9 Å². The van der Waals surface area contributed by atoms with E-state index in [1.54, 1.807) is 0 Å². The maximum absolute atomic E-state index is 10.7. The first kappa shape index (κ1) is 13.9. The number of carbonyl (C=O) groups is 1. The quantitative estimate of drug-likeness (QED) is 0.935. The van der Waals surface area contributed by atoms with Crippen molar-refractivity contribution in [3.05, 3.63) is 36.5 Å². The maximum atomic E-state index is 10.7. The zero-order valence-corrected chi connectivity index (χ0v) is 12.0. The topological polar surface area (TPSA) is 53.4 Å². The Bertz CT molecular complexity index is 628. The number of nitrogens with zero attached hydrogens (tertiary/aromatic N) is 2. The number of para-hydroxylation sites is 1. The van der Waals surface area contributed by atoms with Crippen molar-refractivity contribution >= 4 is 22.6 Å². The van der Waals surface area contributed by atoms with Crippen LogP contribution in [0.4, 0.5) is 5.69 Å². The van der Waals surface area contributed by atoms with Crippen LogP contribution in [-0.4, -0.2) is 29.1 Å². The van der Waals surface area contributed by atoms with Gasteiger partial charge in [-0.3, -0.25) is 9.78 Å². The zero-order valence-electron chi connectivity index (χ0n) is 12.0. The van der Waals surface area contributed by atoms with Crippen molar-refractivity contribution in [1.82, 2.24) is 4.98 Å². The van der Waals surface area contributed by atoms with Crippen LogP contribution in [0.5, 0.6) is 0 Å². The van der Waals surface area contributed by atoms with Crippen molar-refractivity contribution in [2.45, 2.75) is 25.7 Å². The van der Waals surface area contributed by atoms with E-state index in [-0.39, 0.29) is 0 Å². The number of rotatable bonds is 4. The lowest BCUT2D eigenvalue weighted by atomic mass is 9.92. The number of aliphatic carboxylic acids is 1. The van der Waals surface area contributed by atoms with Gasteiger partial charge < -0.3 is 10.0 Å². The smallest absolute Gasteiger partial charge is 0.303 e. The van der Waals surface area contributed by atoms with E-state index in [1.807, 2.05) is 24.4 Å². The Labute approximate surface area is 124 Å². The predicted molar refractivity (Wildman–Crippen MR) is 83.5 cm³/mol. The number of carboxylic acids is 1. The largest absolute Gasteiger partial charge is 0.481 e. The van der Waals surface area contributed by atoms with Crippen LogP contribution in [0.1, 0.15) is 25.7 Å². The summed E-state index contributed by atoms with van der Waals surface area (Å²) < 4.78 is 0. The average Bonchev–Trinajstić information content (AvgIpc) is 2.53. The van der Waals surface area contributed by atoms with E-state index >= 15 is 0 Å². The van der Waals surface area contributed by atoms with E-state index in [0.717, 1.165) is 37.9 Å². The fourth-order valence-corrected chi connectivity index (χ4v) is 3.15. The van der Waals surface area contributed by atoms with Crippen LogP contribution in [0.15, 0.2) is 36.5 Å². The Kier molecular flexibility index (Phi) is 4.04. The highest BCUT2D eigenvalue weighted by Crippen LogP contribution is 2.30. The number of carboxylic acid groups (broad SMARTS) is 1. The molecule has 0 saturated carbocycles. The highest BCUT2D eigenvalue weighted by atomic mass is 16.4. The van der Waals surface area contributed by atoms with E-state index in [9.17, 15) is 4.79 Å². The summed E-state index contributed by atoms with van der Waals surface area (Å²) in [4.78, 5) is 17.5. The number of fused-ring (bicyclic) bond motifs is 1. The first-order valence-electron chi connectivity index (χ1n) is 7.54. The molecule has 1 N–H and O–H groups in total. The minimum absolute atomic E-state index is 0.294. The van der Waals surface area contributed by atoms with Crippen LogP contribution in [-0.2, 0) is 4.79 Å². The van der Waals surface area contributed by atoms with Gasteiger partial charge in [0.15, 0.2) is 0 Å². The summed E-state index contributed by atoms with van der Waals surface area (Å²) in [5, 5.41) is 9.97. The van der Waals surface area contributed by atoms with Gasteiger partial charge in [0.05, 0.1) is 5.52 Å². The Morgan fingerprint density at radius 1 is 1.24 bits per heavy atom. The molecule has 0 atom stereocenters. The molecule has 21 heavy (non-hydrogen) atoms. The molecular formula is C17H20N2O2. The zero-order chi connectivity index (χ0) is 14.7. The summed E-state index contributed by atoms with van der Waals surface area (Å²) in [6.45, 7) is 2.00. The SMILES string of the molecule is O=C(O)CCC1CCN(c2ccnc3ccccc23)CC1. The van der Waals surface area contributed by atoms with Crippen molar-refractivity contribution in [3.8, 4) is 0 Å². The number of anilines is 1. The van der Waals surface area contributed by atoms with E-state index in [2.05, 4.69) is 22.0 Å². The molecule has 4 heteroatoms. The number of piperidine rings is 1. The van der Waals surface area contributed by atoms with Crippen molar-refractivity contribution in [2.24, 2.45) is 5.92 Å². The molecule has 1 aliphatic heterocycles. The van der Waals surface area contributed by atoms with Crippen LogP contribution in [0, 0.1) is 5.92 Å². The summed E-state index contributed by atoms with van der Waals surface area (Å²) in [5.41, 5.74) is 2.28. The number of hydrogen-bond donors (Lipinski definition) is 1. The van der Waals surface area contributed by atoms with Crippen LogP contribution in [0.3, 0.4) is 0 Å². The lowest BCUT2D eigenvalue weighted by Crippen LogP contribution is -2.33. The molecule has 2 heterocycles. The van der Waals surface area contributed by atoms with Gasteiger partial charge >= 0.3 is 5.97 Å². The second kappa shape index (κ2) is 6.12. The fourth-order valence-electron chi connectivity index (χ4n) is 3.15. The molecule has 1 aromatic carbocycles. The normalized spacial score (nSPS) is 16.3. The molecule has 0 spiro atoms. The molecule has 0 radical (unpaired) electrons. The van der Waals surface area contributed by atoms with Gasteiger partial charge in [0.1, 0.15) is 0 Å². The van der Waals surface area contributed by atoms with Crippen LogP contribution >= 0.6 is 0 Å². The van der Waals surface area contributed by atoms with Gasteiger partial charge in [-0.15, -0.1) is 0 Å². The van der Waals surface area contributed by atoms with Gasteiger partial charge in [-0.05, 0) is 37.3 Å². The second-order valence-electron chi connectivity index (χ2n) is 5.71. The Morgan fingerprint density at radius 3 is 2.76 bits per heavy atom. The van der Waals surface area contributed by atoms with Crippen molar-refractivity contribution in [1.29, 1.82) is 0 Å². The lowest BCUT2D eigenvalue weighted by Gasteiger charge is -2.34. The lowest BCUT2D eigenvalue weighted by molar-refractivity contribution is -0.137. The van der Waals surface area contributed by atoms with Crippen molar-refractivity contribution in [2.75, 3.05) is 18.0 Å². The Morgan fingerprint density at radius 2 is 2.00 bits per heavy atom. The average molecular weight is 284 g/mol. The molecule has 2 aromatic rings. The summed E-state index contributed by atoms with van der Waals surface area (Å²) in [6.07, 6.45) is 5.12. The van der Waals surface area contributed by atoms with Gasteiger partial charge in [0.2, 0.25) is 0 Å². The Balaban J connectivity index is 1.70. The molecule has 1 saturated heterocycles. The monoisotopic (exact) mass is 284 g/mol. The van der Waals surface area contributed by atoms with Gasteiger partial charge in [-0.2, -0.15) is 0 Å². The van der Waals surface area contributed by atoms with E-state index in [4.69, 9.17) is 5.11 Å². The van der Waals surface area contributed by atoms with Crippen LogP contribution < -0.4 is 4.90 Å².